The number of nitrogens with one attached hydrogen (secondary N) is 2. The second kappa shape index (κ2) is 5.73. The van der Waals surface area contributed by atoms with Crippen LogP contribution in [-0.2, 0) is 7.05 Å². The molecule has 3 aromatic rings. The van der Waals surface area contributed by atoms with Crippen LogP contribution in [0, 0.1) is 3.57 Å². The lowest BCUT2D eigenvalue weighted by molar-refractivity contribution is 0.0944. The van der Waals surface area contributed by atoms with E-state index in [1.165, 1.54) is 0 Å². The Hall–Kier alpha value is -1.87. The van der Waals surface area contributed by atoms with E-state index in [0.29, 0.717) is 5.56 Å². The van der Waals surface area contributed by atoms with Crippen LogP contribution in [0.15, 0.2) is 36.4 Å². The molecule has 0 atom stereocenters. The van der Waals surface area contributed by atoms with Gasteiger partial charge in [-0.15, -0.1) is 0 Å². The molecule has 0 aliphatic rings. The van der Waals surface area contributed by atoms with Gasteiger partial charge in [-0.25, -0.2) is 0 Å². The first kappa shape index (κ1) is 15.0. The van der Waals surface area contributed by atoms with Gasteiger partial charge in [0.05, 0.1) is 0 Å². The minimum atomic E-state index is -0.280. The summed E-state index contributed by atoms with van der Waals surface area (Å²) in [6, 6.07) is 11.9. The highest BCUT2D eigenvalue weighted by atomic mass is 127. The van der Waals surface area contributed by atoms with Gasteiger partial charge in [0, 0.05) is 38.0 Å². The Morgan fingerprint density at radius 1 is 1.14 bits per heavy atom. The zero-order valence-corrected chi connectivity index (χ0v) is 14.7. The maximum absolute atomic E-state index is 12.1. The second-order valence-electron chi connectivity index (χ2n) is 4.90. The molecule has 3 rings (SSSR count). The standard InChI is InChI=1S/C15H13IN4OS/c1-20-12-4-2-8(14(21)18-19-15(17)22)6-10(12)11-7-9(16)3-5-13(11)20/h2-7H,1H3,(H,18,21)(H3,17,19,22). The summed E-state index contributed by atoms with van der Waals surface area (Å²) < 4.78 is 3.28. The van der Waals surface area contributed by atoms with Crippen LogP contribution in [0.4, 0.5) is 0 Å². The number of fused-ring (bicyclic) bond motifs is 3. The maximum Gasteiger partial charge on any atom is 0.269 e. The Balaban J connectivity index is 2.12. The molecule has 4 N–H and O–H groups in total. The van der Waals surface area contributed by atoms with E-state index in [4.69, 9.17) is 5.73 Å². The SMILES string of the molecule is Cn1c2ccc(I)cc2c2cc(C(=O)NNC(N)=S)ccc21. The second-order valence-corrected chi connectivity index (χ2v) is 6.58. The van der Waals surface area contributed by atoms with Gasteiger partial charge in [0.2, 0.25) is 0 Å². The molecule has 1 aromatic heterocycles. The van der Waals surface area contributed by atoms with E-state index in [2.05, 4.69) is 68.4 Å². The molecule has 5 nitrogen and oxygen atoms in total. The topological polar surface area (TPSA) is 72.1 Å². The summed E-state index contributed by atoms with van der Waals surface area (Å²) in [5.74, 6) is -0.280. The number of nitrogens with two attached hydrogens (primary N) is 1. The number of carbonyl (C=O) groups is 1. The molecule has 7 heteroatoms. The fourth-order valence-corrected chi connectivity index (χ4v) is 3.06. The Morgan fingerprint density at radius 3 is 2.45 bits per heavy atom. The van der Waals surface area contributed by atoms with Crippen molar-refractivity contribution in [3.05, 3.63) is 45.5 Å². The van der Waals surface area contributed by atoms with Gasteiger partial charge >= 0.3 is 0 Å². The van der Waals surface area contributed by atoms with E-state index < -0.39 is 0 Å². The lowest BCUT2D eigenvalue weighted by Crippen LogP contribution is -2.44. The van der Waals surface area contributed by atoms with Crippen molar-refractivity contribution >= 4 is 67.6 Å². The van der Waals surface area contributed by atoms with Gasteiger partial charge < -0.3 is 10.3 Å². The summed E-state index contributed by atoms with van der Waals surface area (Å²) in [6.45, 7) is 0. The third-order valence-electron chi connectivity index (χ3n) is 3.53. The first-order chi connectivity index (χ1) is 10.5. The number of hydrogen-bond acceptors (Lipinski definition) is 2. The van der Waals surface area contributed by atoms with Crippen molar-refractivity contribution in [1.82, 2.24) is 15.4 Å². The van der Waals surface area contributed by atoms with Crippen molar-refractivity contribution in [1.29, 1.82) is 0 Å². The van der Waals surface area contributed by atoms with E-state index in [0.717, 1.165) is 25.4 Å². The van der Waals surface area contributed by atoms with Gasteiger partial charge in [-0.05, 0) is 71.2 Å². The van der Waals surface area contributed by atoms with Crippen molar-refractivity contribution in [2.45, 2.75) is 0 Å². The predicted molar refractivity (Wildman–Crippen MR) is 101 cm³/mol. The molecule has 1 heterocycles. The highest BCUT2D eigenvalue weighted by Gasteiger charge is 2.12. The maximum atomic E-state index is 12.1. The number of aryl methyl sites for hydroxylation is 1. The average molecular weight is 424 g/mol. The number of aromatic nitrogens is 1. The van der Waals surface area contributed by atoms with Crippen LogP contribution in [0.3, 0.4) is 0 Å². The van der Waals surface area contributed by atoms with Crippen molar-refractivity contribution < 1.29 is 4.79 Å². The average Bonchev–Trinajstić information content (AvgIpc) is 2.77. The number of halogens is 1. The van der Waals surface area contributed by atoms with Crippen molar-refractivity contribution in [3.63, 3.8) is 0 Å². The van der Waals surface area contributed by atoms with Crippen molar-refractivity contribution in [2.24, 2.45) is 12.8 Å². The number of amides is 1. The fraction of sp³-hybridized carbons (Fsp3) is 0.0667. The van der Waals surface area contributed by atoms with Gasteiger partial charge in [0.1, 0.15) is 0 Å². The highest BCUT2D eigenvalue weighted by molar-refractivity contribution is 14.1. The van der Waals surface area contributed by atoms with Crippen molar-refractivity contribution in [3.8, 4) is 0 Å². The van der Waals surface area contributed by atoms with E-state index in [-0.39, 0.29) is 11.0 Å². The van der Waals surface area contributed by atoms with E-state index in [1.807, 2.05) is 19.2 Å². The number of hydrazine groups is 1. The minimum Gasteiger partial charge on any atom is -0.375 e. The number of carbonyl (C=O) groups excluding carboxylic acids is 1. The summed E-state index contributed by atoms with van der Waals surface area (Å²) in [4.78, 5) is 12.1. The highest BCUT2D eigenvalue weighted by Crippen LogP contribution is 2.30. The molecule has 0 saturated heterocycles. The zero-order valence-electron chi connectivity index (χ0n) is 11.7. The number of thiocarbonyl (C=S) groups is 1. The molecule has 0 bridgehead atoms. The van der Waals surface area contributed by atoms with Crippen LogP contribution in [0.25, 0.3) is 21.8 Å². The number of hydrogen-bond donors (Lipinski definition) is 3. The van der Waals surface area contributed by atoms with Crippen LogP contribution in [0.2, 0.25) is 0 Å². The van der Waals surface area contributed by atoms with Crippen molar-refractivity contribution in [2.75, 3.05) is 0 Å². The Morgan fingerprint density at radius 2 is 1.77 bits per heavy atom. The Bertz CT molecular complexity index is 919. The fourth-order valence-electron chi connectivity index (χ4n) is 2.52. The summed E-state index contributed by atoms with van der Waals surface area (Å²) in [5, 5.41) is 2.19. The first-order valence-electron chi connectivity index (χ1n) is 6.51. The predicted octanol–water partition coefficient (Wildman–Crippen LogP) is 2.41. The monoisotopic (exact) mass is 424 g/mol. The normalized spacial score (nSPS) is 10.8. The first-order valence-corrected chi connectivity index (χ1v) is 7.99. The van der Waals surface area contributed by atoms with Crippen LogP contribution >= 0.6 is 34.8 Å². The number of rotatable bonds is 1. The summed E-state index contributed by atoms with van der Waals surface area (Å²) in [5.41, 5.74) is 13.0. The van der Waals surface area contributed by atoms with Gasteiger partial charge in [0.15, 0.2) is 5.11 Å². The van der Waals surface area contributed by atoms with Crippen LogP contribution < -0.4 is 16.6 Å². The van der Waals surface area contributed by atoms with Gasteiger partial charge in [-0.3, -0.25) is 15.6 Å². The summed E-state index contributed by atoms with van der Waals surface area (Å²) in [6.07, 6.45) is 0. The molecule has 112 valence electrons. The van der Waals surface area contributed by atoms with E-state index in [1.54, 1.807) is 6.07 Å². The Kier molecular flexibility index (Phi) is 3.92. The molecule has 0 spiro atoms. The summed E-state index contributed by atoms with van der Waals surface area (Å²) >= 11 is 6.96. The zero-order chi connectivity index (χ0) is 15.9. The molecule has 0 saturated carbocycles. The quantitative estimate of drug-likeness (QED) is 0.319. The number of benzene rings is 2. The Labute approximate surface area is 146 Å². The van der Waals surface area contributed by atoms with Crippen LogP contribution in [-0.4, -0.2) is 15.6 Å². The molecular weight excluding hydrogens is 411 g/mol. The van der Waals surface area contributed by atoms with Gasteiger partial charge in [0.25, 0.3) is 5.91 Å². The molecule has 0 radical (unpaired) electrons. The molecule has 0 aliphatic carbocycles. The molecule has 0 fully saturated rings. The largest absolute Gasteiger partial charge is 0.375 e. The molecule has 1 amide bonds. The number of nitrogens with zero attached hydrogens (tertiary/aromatic N) is 1. The van der Waals surface area contributed by atoms with Gasteiger partial charge in [-0.2, -0.15) is 0 Å². The molecular formula is C15H13IN4OS. The molecule has 0 aliphatic heterocycles. The molecule has 22 heavy (non-hydrogen) atoms. The third-order valence-corrected chi connectivity index (χ3v) is 4.30. The lowest BCUT2D eigenvalue weighted by atomic mass is 10.1. The van der Waals surface area contributed by atoms with E-state index in [9.17, 15) is 4.79 Å². The smallest absolute Gasteiger partial charge is 0.269 e. The summed E-state index contributed by atoms with van der Waals surface area (Å²) in [7, 11) is 2.02. The minimum absolute atomic E-state index is 0.0224. The third kappa shape index (κ3) is 2.61. The lowest BCUT2D eigenvalue weighted by Gasteiger charge is -2.06. The molecule has 0 unspecified atom stereocenters. The van der Waals surface area contributed by atoms with Gasteiger partial charge in [-0.1, -0.05) is 0 Å². The van der Waals surface area contributed by atoms with Crippen LogP contribution in [0.1, 0.15) is 10.4 Å². The van der Waals surface area contributed by atoms with Crippen LogP contribution in [0.5, 0.6) is 0 Å². The van der Waals surface area contributed by atoms with E-state index >= 15 is 0 Å². The molecule has 2 aromatic carbocycles.